The van der Waals surface area contributed by atoms with Crippen LogP contribution in [0.5, 0.6) is 0 Å². The Morgan fingerprint density at radius 2 is 1.52 bits per heavy atom. The number of halogens is 1. The second-order valence-corrected chi connectivity index (χ2v) is 6.40. The van der Waals surface area contributed by atoms with Crippen LogP contribution in [-0.2, 0) is 0 Å². The Labute approximate surface area is 146 Å². The summed E-state index contributed by atoms with van der Waals surface area (Å²) in [5.74, 6) is -0.225. The van der Waals surface area contributed by atoms with Gasteiger partial charge in [-0.25, -0.2) is 9.37 Å². The monoisotopic (exact) mass is 327 g/mol. The molecule has 0 N–H and O–H groups in total. The van der Waals surface area contributed by atoms with E-state index in [0.29, 0.717) is 0 Å². The Morgan fingerprint density at radius 3 is 2.28 bits per heavy atom. The van der Waals surface area contributed by atoms with Crippen molar-refractivity contribution < 1.29 is 4.39 Å². The van der Waals surface area contributed by atoms with Crippen molar-refractivity contribution in [3.05, 3.63) is 89.7 Å². The standard InChI is InChI=1S/C23H18FN/c1-15-7-12-19(16(2)13-15)23-14-21(17-8-10-18(24)11-9-17)20-5-3-4-6-22(20)25-23/h3-14H,1-2H3. The van der Waals surface area contributed by atoms with E-state index in [-0.39, 0.29) is 5.82 Å². The molecular weight excluding hydrogens is 309 g/mol. The highest BCUT2D eigenvalue weighted by atomic mass is 19.1. The lowest BCUT2D eigenvalue weighted by Gasteiger charge is -2.12. The summed E-state index contributed by atoms with van der Waals surface area (Å²) in [4.78, 5) is 4.87. The van der Waals surface area contributed by atoms with E-state index in [1.807, 2.05) is 30.3 Å². The largest absolute Gasteiger partial charge is 0.248 e. The number of benzene rings is 3. The molecule has 0 saturated carbocycles. The molecule has 0 aliphatic heterocycles. The lowest BCUT2D eigenvalue weighted by Crippen LogP contribution is -1.92. The minimum absolute atomic E-state index is 0.225. The highest BCUT2D eigenvalue weighted by molar-refractivity contribution is 5.96. The predicted octanol–water partition coefficient (Wildman–Crippen LogP) is 6.32. The third kappa shape index (κ3) is 2.91. The van der Waals surface area contributed by atoms with Gasteiger partial charge in [-0.2, -0.15) is 0 Å². The van der Waals surface area contributed by atoms with E-state index in [1.54, 1.807) is 0 Å². The summed E-state index contributed by atoms with van der Waals surface area (Å²) in [6.45, 7) is 4.20. The fourth-order valence-electron chi connectivity index (χ4n) is 3.28. The van der Waals surface area contributed by atoms with Crippen LogP contribution < -0.4 is 0 Å². The molecule has 0 spiro atoms. The highest BCUT2D eigenvalue weighted by Crippen LogP contribution is 2.33. The topological polar surface area (TPSA) is 12.9 Å². The lowest BCUT2D eigenvalue weighted by molar-refractivity contribution is 0.628. The molecule has 1 heterocycles. The quantitative estimate of drug-likeness (QED) is 0.419. The Hall–Kier alpha value is -3.00. The number of para-hydroxylation sites is 1. The summed E-state index contributed by atoms with van der Waals surface area (Å²) in [6, 6.07) is 23.2. The molecule has 2 heteroatoms. The van der Waals surface area contributed by atoms with Crippen molar-refractivity contribution in [3.8, 4) is 22.4 Å². The summed E-state index contributed by atoms with van der Waals surface area (Å²) in [7, 11) is 0. The molecule has 0 fully saturated rings. The molecule has 1 nitrogen and oxygen atoms in total. The number of aromatic nitrogens is 1. The zero-order valence-electron chi connectivity index (χ0n) is 14.3. The van der Waals surface area contributed by atoms with Crippen molar-refractivity contribution in [2.45, 2.75) is 13.8 Å². The van der Waals surface area contributed by atoms with Crippen molar-refractivity contribution in [2.75, 3.05) is 0 Å². The van der Waals surface area contributed by atoms with Gasteiger partial charge in [0.1, 0.15) is 5.82 Å². The van der Waals surface area contributed by atoms with Crippen LogP contribution in [0.1, 0.15) is 11.1 Å². The van der Waals surface area contributed by atoms with E-state index in [4.69, 9.17) is 4.98 Å². The van der Waals surface area contributed by atoms with Crippen LogP contribution in [0.15, 0.2) is 72.8 Å². The number of nitrogens with zero attached hydrogens (tertiary/aromatic N) is 1. The van der Waals surface area contributed by atoms with Crippen LogP contribution in [0.3, 0.4) is 0 Å². The van der Waals surface area contributed by atoms with Crippen LogP contribution >= 0.6 is 0 Å². The average Bonchev–Trinajstić information content (AvgIpc) is 2.61. The van der Waals surface area contributed by atoms with Gasteiger partial charge < -0.3 is 0 Å². The second-order valence-electron chi connectivity index (χ2n) is 6.40. The first-order valence-corrected chi connectivity index (χ1v) is 8.35. The predicted molar refractivity (Wildman–Crippen MR) is 102 cm³/mol. The maximum atomic E-state index is 13.3. The molecule has 0 radical (unpaired) electrons. The fourth-order valence-corrected chi connectivity index (χ4v) is 3.28. The zero-order valence-corrected chi connectivity index (χ0v) is 14.3. The van der Waals surface area contributed by atoms with Crippen molar-refractivity contribution in [3.63, 3.8) is 0 Å². The molecule has 1 aromatic heterocycles. The minimum Gasteiger partial charge on any atom is -0.248 e. The average molecular weight is 327 g/mol. The van der Waals surface area contributed by atoms with Gasteiger partial charge in [-0.1, -0.05) is 54.1 Å². The number of aryl methyl sites for hydroxylation is 2. The molecule has 3 aromatic carbocycles. The summed E-state index contributed by atoms with van der Waals surface area (Å²) in [5.41, 5.74) is 7.51. The van der Waals surface area contributed by atoms with E-state index in [0.717, 1.165) is 33.3 Å². The Balaban J connectivity index is 1.99. The molecule has 0 atom stereocenters. The molecule has 0 bridgehead atoms. The Morgan fingerprint density at radius 1 is 0.760 bits per heavy atom. The molecule has 122 valence electrons. The Bertz CT molecular complexity index is 1070. The lowest BCUT2D eigenvalue weighted by atomic mass is 9.96. The molecule has 4 rings (SSSR count). The number of fused-ring (bicyclic) bond motifs is 1. The molecule has 4 aromatic rings. The van der Waals surface area contributed by atoms with Crippen LogP contribution in [-0.4, -0.2) is 4.98 Å². The smallest absolute Gasteiger partial charge is 0.123 e. The summed E-state index contributed by atoms with van der Waals surface area (Å²) in [6.07, 6.45) is 0. The third-order valence-electron chi connectivity index (χ3n) is 4.53. The number of rotatable bonds is 2. The summed E-state index contributed by atoms with van der Waals surface area (Å²) < 4.78 is 13.3. The van der Waals surface area contributed by atoms with Crippen molar-refractivity contribution in [1.82, 2.24) is 4.98 Å². The van der Waals surface area contributed by atoms with Gasteiger partial charge in [0.05, 0.1) is 11.2 Å². The van der Waals surface area contributed by atoms with Gasteiger partial charge in [0.2, 0.25) is 0 Å². The molecule has 0 saturated heterocycles. The maximum absolute atomic E-state index is 13.3. The molecule has 0 unspecified atom stereocenters. The minimum atomic E-state index is -0.225. The van der Waals surface area contributed by atoms with Gasteiger partial charge in [0.25, 0.3) is 0 Å². The first kappa shape index (κ1) is 15.5. The van der Waals surface area contributed by atoms with Crippen molar-refractivity contribution >= 4 is 10.9 Å². The number of hydrogen-bond donors (Lipinski definition) is 0. The van der Waals surface area contributed by atoms with Crippen molar-refractivity contribution in [1.29, 1.82) is 0 Å². The van der Waals surface area contributed by atoms with E-state index >= 15 is 0 Å². The van der Waals surface area contributed by atoms with Gasteiger partial charge in [-0.15, -0.1) is 0 Å². The van der Waals surface area contributed by atoms with E-state index in [1.165, 1.54) is 23.3 Å². The molecular formula is C23H18FN. The SMILES string of the molecule is Cc1ccc(-c2cc(-c3ccc(F)cc3)c3ccccc3n2)c(C)c1. The van der Waals surface area contributed by atoms with Gasteiger partial charge in [0, 0.05) is 10.9 Å². The third-order valence-corrected chi connectivity index (χ3v) is 4.53. The normalized spacial score (nSPS) is 11.0. The van der Waals surface area contributed by atoms with Crippen LogP contribution in [0.2, 0.25) is 0 Å². The molecule has 0 aliphatic rings. The van der Waals surface area contributed by atoms with E-state index < -0.39 is 0 Å². The van der Waals surface area contributed by atoms with E-state index in [2.05, 4.69) is 44.2 Å². The van der Waals surface area contributed by atoms with Gasteiger partial charge >= 0.3 is 0 Å². The van der Waals surface area contributed by atoms with Crippen LogP contribution in [0, 0.1) is 19.7 Å². The summed E-state index contributed by atoms with van der Waals surface area (Å²) >= 11 is 0. The first-order chi connectivity index (χ1) is 12.1. The molecule has 0 aliphatic carbocycles. The number of hydrogen-bond acceptors (Lipinski definition) is 1. The zero-order chi connectivity index (χ0) is 17.4. The van der Waals surface area contributed by atoms with Gasteiger partial charge in [-0.3, -0.25) is 0 Å². The maximum Gasteiger partial charge on any atom is 0.123 e. The molecule has 25 heavy (non-hydrogen) atoms. The van der Waals surface area contributed by atoms with Gasteiger partial charge in [0.15, 0.2) is 0 Å². The van der Waals surface area contributed by atoms with Crippen LogP contribution in [0.4, 0.5) is 4.39 Å². The number of pyridine rings is 1. The fraction of sp³-hybridized carbons (Fsp3) is 0.0870. The second kappa shape index (κ2) is 6.14. The molecule has 0 amide bonds. The van der Waals surface area contributed by atoms with Gasteiger partial charge in [-0.05, 0) is 54.8 Å². The highest BCUT2D eigenvalue weighted by Gasteiger charge is 2.11. The summed E-state index contributed by atoms with van der Waals surface area (Å²) in [5, 5.41) is 1.07. The Kier molecular flexibility index (Phi) is 3.81. The van der Waals surface area contributed by atoms with E-state index in [9.17, 15) is 4.39 Å². The first-order valence-electron chi connectivity index (χ1n) is 8.35. The van der Waals surface area contributed by atoms with Crippen molar-refractivity contribution in [2.24, 2.45) is 0 Å². The van der Waals surface area contributed by atoms with Crippen LogP contribution in [0.25, 0.3) is 33.3 Å².